The molecule has 0 aliphatic heterocycles. The summed E-state index contributed by atoms with van der Waals surface area (Å²) in [6.45, 7) is 6.23. The molecule has 0 unspecified atom stereocenters. The second-order valence-electron chi connectivity index (χ2n) is 5.49. The SMILES string of the molecule is C=C(CCCCCCCCCCCCCC)NC. The van der Waals surface area contributed by atoms with Crippen molar-refractivity contribution in [2.75, 3.05) is 7.05 Å². The minimum Gasteiger partial charge on any atom is -0.392 e. The Morgan fingerprint density at radius 2 is 1.11 bits per heavy atom. The van der Waals surface area contributed by atoms with Crippen molar-refractivity contribution in [2.24, 2.45) is 0 Å². The van der Waals surface area contributed by atoms with E-state index in [4.69, 9.17) is 0 Å². The van der Waals surface area contributed by atoms with Crippen LogP contribution in [0.15, 0.2) is 12.3 Å². The van der Waals surface area contributed by atoms with Crippen molar-refractivity contribution in [1.29, 1.82) is 0 Å². The smallest absolute Gasteiger partial charge is 0.00310 e. The lowest BCUT2D eigenvalue weighted by molar-refractivity contribution is 0.542. The Kier molecular flexibility index (Phi) is 14.2. The van der Waals surface area contributed by atoms with Gasteiger partial charge in [0.2, 0.25) is 0 Å². The Morgan fingerprint density at radius 1 is 0.722 bits per heavy atom. The van der Waals surface area contributed by atoms with E-state index >= 15 is 0 Å². The summed E-state index contributed by atoms with van der Waals surface area (Å²) in [5, 5.41) is 3.11. The van der Waals surface area contributed by atoms with Gasteiger partial charge in [0.05, 0.1) is 0 Å². The topological polar surface area (TPSA) is 12.0 Å². The maximum absolute atomic E-state index is 3.95. The third-order valence-electron chi connectivity index (χ3n) is 3.69. The number of rotatable bonds is 14. The summed E-state index contributed by atoms with van der Waals surface area (Å²) in [6, 6.07) is 0. The van der Waals surface area contributed by atoms with Crippen LogP contribution < -0.4 is 5.32 Å². The highest BCUT2D eigenvalue weighted by Gasteiger charge is 1.94. The van der Waals surface area contributed by atoms with Gasteiger partial charge in [-0.05, 0) is 12.8 Å². The van der Waals surface area contributed by atoms with Crippen molar-refractivity contribution in [3.8, 4) is 0 Å². The van der Waals surface area contributed by atoms with Crippen molar-refractivity contribution in [3.05, 3.63) is 12.3 Å². The van der Waals surface area contributed by atoms with Crippen molar-refractivity contribution in [3.63, 3.8) is 0 Å². The van der Waals surface area contributed by atoms with Crippen LogP contribution in [0.1, 0.15) is 90.4 Å². The minimum atomic E-state index is 1.15. The molecule has 0 fully saturated rings. The van der Waals surface area contributed by atoms with E-state index in [0.29, 0.717) is 0 Å². The maximum Gasteiger partial charge on any atom is 0.00310 e. The fourth-order valence-corrected chi connectivity index (χ4v) is 2.30. The van der Waals surface area contributed by atoms with Crippen LogP contribution in [0.3, 0.4) is 0 Å². The average molecular weight is 253 g/mol. The van der Waals surface area contributed by atoms with Gasteiger partial charge in [-0.15, -0.1) is 0 Å². The number of hydrogen-bond acceptors (Lipinski definition) is 1. The standard InChI is InChI=1S/C17H35N/c1-4-5-6-7-8-9-10-11-12-13-14-15-16-17(2)18-3/h18H,2,4-16H2,1,3H3. The van der Waals surface area contributed by atoms with Crippen molar-refractivity contribution in [2.45, 2.75) is 90.4 Å². The van der Waals surface area contributed by atoms with Crippen LogP contribution in [0.4, 0.5) is 0 Å². The molecule has 0 rings (SSSR count). The van der Waals surface area contributed by atoms with Gasteiger partial charge >= 0.3 is 0 Å². The van der Waals surface area contributed by atoms with E-state index in [9.17, 15) is 0 Å². The van der Waals surface area contributed by atoms with Crippen LogP contribution in [0, 0.1) is 0 Å². The largest absolute Gasteiger partial charge is 0.392 e. The van der Waals surface area contributed by atoms with Gasteiger partial charge < -0.3 is 5.32 Å². The Balaban J connectivity index is 2.97. The number of nitrogens with one attached hydrogen (secondary N) is 1. The lowest BCUT2D eigenvalue weighted by Gasteiger charge is -2.04. The van der Waals surface area contributed by atoms with Crippen molar-refractivity contribution in [1.82, 2.24) is 5.32 Å². The predicted octanol–water partition coefficient (Wildman–Crippen LogP) is 5.81. The highest BCUT2D eigenvalue weighted by molar-refractivity contribution is 4.88. The van der Waals surface area contributed by atoms with Gasteiger partial charge in [0, 0.05) is 12.7 Å². The molecule has 0 radical (unpaired) electrons. The molecule has 0 heterocycles. The summed E-state index contributed by atoms with van der Waals surface area (Å²) < 4.78 is 0. The number of hydrogen-bond donors (Lipinski definition) is 1. The molecule has 0 aliphatic rings. The monoisotopic (exact) mass is 253 g/mol. The van der Waals surface area contributed by atoms with Crippen LogP contribution in [0.2, 0.25) is 0 Å². The maximum atomic E-state index is 3.95. The third kappa shape index (κ3) is 13.6. The molecule has 0 aromatic rings. The summed E-state index contributed by atoms with van der Waals surface area (Å²) in [7, 11) is 1.96. The van der Waals surface area contributed by atoms with Crippen LogP contribution in [0.5, 0.6) is 0 Å². The fraction of sp³-hybridized carbons (Fsp3) is 0.882. The highest BCUT2D eigenvalue weighted by Crippen LogP contribution is 2.13. The molecular weight excluding hydrogens is 218 g/mol. The summed E-state index contributed by atoms with van der Waals surface area (Å²) in [4.78, 5) is 0. The van der Waals surface area contributed by atoms with Gasteiger partial charge in [0.15, 0.2) is 0 Å². The normalized spacial score (nSPS) is 10.6. The third-order valence-corrected chi connectivity index (χ3v) is 3.69. The molecule has 0 bridgehead atoms. The summed E-state index contributed by atoms with van der Waals surface area (Å²) in [5.74, 6) is 0. The second-order valence-corrected chi connectivity index (χ2v) is 5.49. The molecule has 0 amide bonds. The van der Waals surface area contributed by atoms with E-state index in [1.54, 1.807) is 0 Å². The van der Waals surface area contributed by atoms with E-state index in [-0.39, 0.29) is 0 Å². The van der Waals surface area contributed by atoms with Crippen LogP contribution in [-0.4, -0.2) is 7.05 Å². The first-order valence-electron chi connectivity index (χ1n) is 8.16. The van der Waals surface area contributed by atoms with E-state index in [2.05, 4.69) is 18.8 Å². The number of unbranched alkanes of at least 4 members (excludes halogenated alkanes) is 11. The molecule has 1 N–H and O–H groups in total. The second kappa shape index (κ2) is 14.6. The first kappa shape index (κ1) is 17.5. The van der Waals surface area contributed by atoms with E-state index < -0.39 is 0 Å². The molecule has 0 aromatic heterocycles. The Morgan fingerprint density at radius 3 is 1.50 bits per heavy atom. The zero-order chi connectivity index (χ0) is 13.5. The predicted molar refractivity (Wildman–Crippen MR) is 83.9 cm³/mol. The van der Waals surface area contributed by atoms with Crippen LogP contribution >= 0.6 is 0 Å². The molecule has 1 heteroatoms. The van der Waals surface area contributed by atoms with E-state index in [1.807, 2.05) is 7.05 Å². The van der Waals surface area contributed by atoms with Gasteiger partial charge in [-0.3, -0.25) is 0 Å². The highest BCUT2D eigenvalue weighted by atomic mass is 14.8. The molecular formula is C17H35N. The molecule has 0 spiro atoms. The summed E-state index contributed by atoms with van der Waals surface area (Å²) in [5.41, 5.74) is 1.18. The lowest BCUT2D eigenvalue weighted by Crippen LogP contribution is -2.03. The van der Waals surface area contributed by atoms with Crippen molar-refractivity contribution < 1.29 is 0 Å². The van der Waals surface area contributed by atoms with Crippen LogP contribution in [-0.2, 0) is 0 Å². The van der Waals surface area contributed by atoms with Gasteiger partial charge in [-0.25, -0.2) is 0 Å². The van der Waals surface area contributed by atoms with Gasteiger partial charge in [0.1, 0.15) is 0 Å². The minimum absolute atomic E-state index is 1.15. The first-order chi connectivity index (χ1) is 8.81. The Hall–Kier alpha value is -0.460. The number of allylic oxidation sites excluding steroid dienone is 1. The average Bonchev–Trinajstić information content (AvgIpc) is 2.39. The Labute approximate surface area is 115 Å². The molecule has 0 atom stereocenters. The molecule has 0 saturated heterocycles. The fourth-order valence-electron chi connectivity index (χ4n) is 2.30. The van der Waals surface area contributed by atoms with Crippen molar-refractivity contribution >= 4 is 0 Å². The lowest BCUT2D eigenvalue weighted by atomic mass is 10.0. The molecule has 1 nitrogen and oxygen atoms in total. The quantitative estimate of drug-likeness (QED) is 0.385. The molecule has 0 saturated carbocycles. The van der Waals surface area contributed by atoms with E-state index in [1.165, 1.54) is 82.7 Å². The molecule has 0 aliphatic carbocycles. The van der Waals surface area contributed by atoms with Gasteiger partial charge in [0.25, 0.3) is 0 Å². The molecule has 108 valence electrons. The molecule has 0 aromatic carbocycles. The summed E-state index contributed by atoms with van der Waals surface area (Å²) >= 11 is 0. The Bertz CT molecular complexity index is 174. The molecule has 18 heavy (non-hydrogen) atoms. The van der Waals surface area contributed by atoms with Crippen LogP contribution in [0.25, 0.3) is 0 Å². The summed E-state index contributed by atoms with van der Waals surface area (Å²) in [6.07, 6.45) is 18.2. The van der Waals surface area contributed by atoms with Gasteiger partial charge in [-0.1, -0.05) is 84.1 Å². The van der Waals surface area contributed by atoms with Gasteiger partial charge in [-0.2, -0.15) is 0 Å². The zero-order valence-electron chi connectivity index (χ0n) is 12.9. The van der Waals surface area contributed by atoms with E-state index in [0.717, 1.165) is 6.42 Å². The first-order valence-corrected chi connectivity index (χ1v) is 8.16. The zero-order valence-corrected chi connectivity index (χ0v) is 12.9.